The molecule has 1 rings (SSSR count). The van der Waals surface area contributed by atoms with Crippen LogP contribution in [0, 0.1) is 5.41 Å². The highest BCUT2D eigenvalue weighted by molar-refractivity contribution is 5.94. The van der Waals surface area contributed by atoms with E-state index in [1.807, 2.05) is 37.3 Å². The predicted molar refractivity (Wildman–Crippen MR) is 112 cm³/mol. The molecule has 0 radical (unpaired) electrons. The zero-order chi connectivity index (χ0) is 20.0. The van der Waals surface area contributed by atoms with Crippen LogP contribution < -0.4 is 16.0 Å². The van der Waals surface area contributed by atoms with Gasteiger partial charge in [0.1, 0.15) is 0 Å². The molecule has 0 atom stereocenters. The Labute approximate surface area is 163 Å². The SMILES string of the molecule is CCNC(=NCC(CC)(CC)CCO)NCCCNC(=O)c1ccccc1. The van der Waals surface area contributed by atoms with E-state index in [9.17, 15) is 9.90 Å². The number of rotatable bonds is 12. The lowest BCUT2D eigenvalue weighted by Gasteiger charge is -2.29. The normalized spacial score (nSPS) is 11.9. The fourth-order valence-electron chi connectivity index (χ4n) is 2.92. The molecule has 0 aliphatic heterocycles. The van der Waals surface area contributed by atoms with Gasteiger partial charge in [0.15, 0.2) is 5.96 Å². The zero-order valence-electron chi connectivity index (χ0n) is 17.1. The van der Waals surface area contributed by atoms with Crippen molar-refractivity contribution < 1.29 is 9.90 Å². The Bertz CT molecular complexity index is 557. The van der Waals surface area contributed by atoms with Gasteiger partial charge >= 0.3 is 0 Å². The van der Waals surface area contributed by atoms with Crippen LogP contribution in [0.1, 0.15) is 56.8 Å². The number of nitrogens with one attached hydrogen (secondary N) is 3. The molecule has 0 aliphatic carbocycles. The summed E-state index contributed by atoms with van der Waals surface area (Å²) in [6.07, 6.45) is 3.58. The van der Waals surface area contributed by atoms with Crippen molar-refractivity contribution in [1.29, 1.82) is 0 Å². The highest BCUT2D eigenvalue weighted by Gasteiger charge is 2.25. The summed E-state index contributed by atoms with van der Waals surface area (Å²) in [4.78, 5) is 16.7. The van der Waals surface area contributed by atoms with E-state index in [0.29, 0.717) is 18.7 Å². The lowest BCUT2D eigenvalue weighted by molar-refractivity contribution is 0.0953. The number of guanidine groups is 1. The summed E-state index contributed by atoms with van der Waals surface area (Å²) in [7, 11) is 0. The molecule has 152 valence electrons. The molecule has 0 saturated carbocycles. The Hall–Kier alpha value is -2.08. The lowest BCUT2D eigenvalue weighted by Crippen LogP contribution is -2.40. The molecule has 0 heterocycles. The maximum Gasteiger partial charge on any atom is 0.251 e. The van der Waals surface area contributed by atoms with E-state index in [-0.39, 0.29) is 17.9 Å². The fraction of sp³-hybridized carbons (Fsp3) is 0.619. The molecule has 0 aromatic heterocycles. The second kappa shape index (κ2) is 13.1. The van der Waals surface area contributed by atoms with E-state index in [1.165, 1.54) is 0 Å². The smallest absolute Gasteiger partial charge is 0.251 e. The lowest BCUT2D eigenvalue weighted by atomic mass is 9.79. The van der Waals surface area contributed by atoms with Crippen molar-refractivity contribution in [2.75, 3.05) is 32.8 Å². The Morgan fingerprint density at radius 1 is 1.04 bits per heavy atom. The molecule has 0 saturated heterocycles. The van der Waals surface area contributed by atoms with Gasteiger partial charge in [0.2, 0.25) is 0 Å². The average Bonchev–Trinajstić information content (AvgIpc) is 2.71. The summed E-state index contributed by atoms with van der Waals surface area (Å²) >= 11 is 0. The largest absolute Gasteiger partial charge is 0.396 e. The summed E-state index contributed by atoms with van der Waals surface area (Å²) in [5.41, 5.74) is 0.737. The van der Waals surface area contributed by atoms with Crippen LogP contribution in [0.3, 0.4) is 0 Å². The Morgan fingerprint density at radius 2 is 1.70 bits per heavy atom. The summed E-state index contributed by atoms with van der Waals surface area (Å²) in [6, 6.07) is 9.24. The van der Waals surface area contributed by atoms with Gasteiger partial charge in [-0.15, -0.1) is 0 Å². The second-order valence-corrected chi connectivity index (χ2v) is 6.78. The third-order valence-electron chi connectivity index (χ3n) is 5.03. The number of hydrogen-bond donors (Lipinski definition) is 4. The number of aliphatic hydroxyl groups is 1. The number of hydrogen-bond acceptors (Lipinski definition) is 3. The van der Waals surface area contributed by atoms with Crippen LogP contribution in [0.25, 0.3) is 0 Å². The van der Waals surface area contributed by atoms with E-state index in [1.54, 1.807) is 0 Å². The topological polar surface area (TPSA) is 85.8 Å². The van der Waals surface area contributed by atoms with Gasteiger partial charge in [-0.05, 0) is 50.2 Å². The van der Waals surface area contributed by atoms with Crippen LogP contribution in [0.4, 0.5) is 0 Å². The van der Waals surface area contributed by atoms with Crippen LogP contribution in [0.5, 0.6) is 0 Å². The molecule has 0 spiro atoms. The first-order chi connectivity index (χ1) is 13.1. The molecule has 1 aromatic rings. The van der Waals surface area contributed by atoms with Crippen LogP contribution in [-0.2, 0) is 0 Å². The first-order valence-corrected chi connectivity index (χ1v) is 10.1. The van der Waals surface area contributed by atoms with Gasteiger partial charge < -0.3 is 21.1 Å². The quantitative estimate of drug-likeness (QED) is 0.257. The van der Waals surface area contributed by atoms with Gasteiger partial charge in [-0.25, -0.2) is 0 Å². The van der Waals surface area contributed by atoms with Crippen molar-refractivity contribution in [2.45, 2.75) is 46.5 Å². The van der Waals surface area contributed by atoms with Crippen molar-refractivity contribution in [3.63, 3.8) is 0 Å². The molecule has 6 nitrogen and oxygen atoms in total. The van der Waals surface area contributed by atoms with Crippen molar-refractivity contribution >= 4 is 11.9 Å². The molecular formula is C21H36N4O2. The third kappa shape index (κ3) is 8.43. The minimum absolute atomic E-state index is 0.0455. The van der Waals surface area contributed by atoms with E-state index >= 15 is 0 Å². The first kappa shape index (κ1) is 23.0. The van der Waals surface area contributed by atoms with E-state index in [2.05, 4.69) is 29.8 Å². The number of benzene rings is 1. The molecule has 0 bridgehead atoms. The number of amides is 1. The number of aliphatic hydroxyl groups excluding tert-OH is 1. The number of carbonyl (C=O) groups excluding carboxylic acids is 1. The molecule has 0 fully saturated rings. The summed E-state index contributed by atoms with van der Waals surface area (Å²) in [5.74, 6) is 0.743. The standard InChI is InChI=1S/C21H36N4O2/c1-4-21(5-2,13-16-26)17-25-20(22-6-3)24-15-10-14-23-19(27)18-11-8-7-9-12-18/h7-9,11-12,26H,4-6,10,13-17H2,1-3H3,(H,23,27)(H2,22,24,25). The van der Waals surface area contributed by atoms with Crippen molar-refractivity contribution in [3.05, 3.63) is 35.9 Å². The maximum atomic E-state index is 12.0. The highest BCUT2D eigenvalue weighted by Crippen LogP contribution is 2.30. The highest BCUT2D eigenvalue weighted by atomic mass is 16.3. The Kier molecular flexibility index (Phi) is 11.2. The first-order valence-electron chi connectivity index (χ1n) is 10.1. The van der Waals surface area contributed by atoms with Crippen LogP contribution in [0.15, 0.2) is 35.3 Å². The predicted octanol–water partition coefficient (Wildman–Crippen LogP) is 2.55. The van der Waals surface area contributed by atoms with E-state index in [0.717, 1.165) is 44.7 Å². The number of aliphatic imine (C=N–C) groups is 1. The van der Waals surface area contributed by atoms with Gasteiger partial charge in [-0.1, -0.05) is 32.0 Å². The van der Waals surface area contributed by atoms with Crippen LogP contribution >= 0.6 is 0 Å². The molecular weight excluding hydrogens is 340 g/mol. The number of carbonyl (C=O) groups is 1. The van der Waals surface area contributed by atoms with Gasteiger partial charge in [-0.3, -0.25) is 9.79 Å². The van der Waals surface area contributed by atoms with Crippen molar-refractivity contribution in [2.24, 2.45) is 10.4 Å². The summed E-state index contributed by atoms with van der Waals surface area (Å²) < 4.78 is 0. The number of nitrogens with zero attached hydrogens (tertiary/aromatic N) is 1. The van der Waals surface area contributed by atoms with Gasteiger partial charge in [-0.2, -0.15) is 0 Å². The van der Waals surface area contributed by atoms with E-state index < -0.39 is 0 Å². The minimum atomic E-state index is -0.0455. The Morgan fingerprint density at radius 3 is 2.30 bits per heavy atom. The van der Waals surface area contributed by atoms with Crippen LogP contribution in [-0.4, -0.2) is 49.8 Å². The van der Waals surface area contributed by atoms with Gasteiger partial charge in [0, 0.05) is 38.3 Å². The van der Waals surface area contributed by atoms with Crippen molar-refractivity contribution in [3.8, 4) is 0 Å². The molecule has 0 unspecified atom stereocenters. The fourth-order valence-corrected chi connectivity index (χ4v) is 2.92. The van der Waals surface area contributed by atoms with Gasteiger partial charge in [0.05, 0.1) is 0 Å². The summed E-state index contributed by atoms with van der Waals surface area (Å²) in [6.45, 7) is 9.38. The van der Waals surface area contributed by atoms with Gasteiger partial charge in [0.25, 0.3) is 5.91 Å². The summed E-state index contributed by atoms with van der Waals surface area (Å²) in [5, 5.41) is 18.9. The Balaban J connectivity index is 2.42. The zero-order valence-corrected chi connectivity index (χ0v) is 17.1. The molecule has 1 aromatic carbocycles. The molecule has 4 N–H and O–H groups in total. The average molecular weight is 377 g/mol. The minimum Gasteiger partial charge on any atom is -0.396 e. The molecule has 0 aliphatic rings. The third-order valence-corrected chi connectivity index (χ3v) is 5.03. The molecule has 27 heavy (non-hydrogen) atoms. The maximum absolute atomic E-state index is 12.0. The molecule has 1 amide bonds. The molecule has 6 heteroatoms. The van der Waals surface area contributed by atoms with Crippen molar-refractivity contribution in [1.82, 2.24) is 16.0 Å². The monoisotopic (exact) mass is 376 g/mol. The second-order valence-electron chi connectivity index (χ2n) is 6.78. The van der Waals surface area contributed by atoms with E-state index in [4.69, 9.17) is 4.99 Å². The van der Waals surface area contributed by atoms with Crippen LogP contribution in [0.2, 0.25) is 0 Å².